The topological polar surface area (TPSA) is 56.1 Å². The normalized spacial score (nSPS) is 16.2. The van der Waals surface area contributed by atoms with Gasteiger partial charge in [0.1, 0.15) is 0 Å². The fourth-order valence-corrected chi connectivity index (χ4v) is 2.41. The predicted octanol–water partition coefficient (Wildman–Crippen LogP) is 1.92. The van der Waals surface area contributed by atoms with Crippen LogP contribution in [0, 0.1) is 17.2 Å². The molecule has 0 heterocycles. The monoisotopic (exact) mass is 251 g/mol. The van der Waals surface area contributed by atoms with Crippen LogP contribution in [0.3, 0.4) is 0 Å². The summed E-state index contributed by atoms with van der Waals surface area (Å²) in [6, 6.07) is 2.60. The zero-order chi connectivity index (χ0) is 13.4. The zero-order valence-corrected chi connectivity index (χ0v) is 11.6. The Morgan fingerprint density at radius 3 is 2.67 bits per heavy atom. The zero-order valence-electron chi connectivity index (χ0n) is 11.6. The maximum atomic E-state index is 11.8. The van der Waals surface area contributed by atoms with Gasteiger partial charge < -0.3 is 5.32 Å². The Morgan fingerprint density at radius 1 is 1.44 bits per heavy atom. The fraction of sp³-hybridized carbons (Fsp3) is 0.857. The van der Waals surface area contributed by atoms with E-state index in [1.165, 1.54) is 12.8 Å². The lowest BCUT2D eigenvalue weighted by Gasteiger charge is -2.25. The van der Waals surface area contributed by atoms with E-state index in [1.54, 1.807) is 0 Å². The molecule has 0 aromatic rings. The number of nitrogens with one attached hydrogen (secondary N) is 1. The van der Waals surface area contributed by atoms with E-state index in [0.29, 0.717) is 25.0 Å². The Balaban J connectivity index is 2.31. The van der Waals surface area contributed by atoms with Crippen LogP contribution >= 0.6 is 0 Å². The molecule has 1 aliphatic rings. The van der Waals surface area contributed by atoms with E-state index in [1.807, 2.05) is 4.90 Å². The van der Waals surface area contributed by atoms with Crippen molar-refractivity contribution in [2.24, 2.45) is 5.92 Å². The second-order valence-corrected chi connectivity index (χ2v) is 5.53. The quantitative estimate of drug-likeness (QED) is 0.703. The molecule has 1 aliphatic carbocycles. The minimum absolute atomic E-state index is 0.0535. The van der Waals surface area contributed by atoms with Crippen molar-refractivity contribution in [3.8, 4) is 6.07 Å². The van der Waals surface area contributed by atoms with E-state index in [2.05, 4.69) is 25.2 Å². The summed E-state index contributed by atoms with van der Waals surface area (Å²) in [5.74, 6) is 0.660. The summed E-state index contributed by atoms with van der Waals surface area (Å²) >= 11 is 0. The number of carbonyl (C=O) groups is 1. The molecule has 18 heavy (non-hydrogen) atoms. The number of rotatable bonds is 7. The molecule has 1 N–H and O–H groups in total. The first-order valence-corrected chi connectivity index (χ1v) is 7.01. The number of amides is 1. The fourth-order valence-electron chi connectivity index (χ4n) is 2.41. The largest absolute Gasteiger partial charge is 0.355 e. The van der Waals surface area contributed by atoms with Crippen LogP contribution in [-0.2, 0) is 4.79 Å². The number of carbonyl (C=O) groups excluding carboxylic acids is 1. The van der Waals surface area contributed by atoms with Crippen LogP contribution < -0.4 is 5.32 Å². The Bertz CT molecular complexity index is 290. The highest BCUT2D eigenvalue weighted by molar-refractivity contribution is 5.78. The van der Waals surface area contributed by atoms with Gasteiger partial charge in [0, 0.05) is 12.6 Å². The highest BCUT2D eigenvalue weighted by atomic mass is 16.2. The first-order chi connectivity index (χ1) is 8.63. The molecular formula is C14H25N3O. The van der Waals surface area contributed by atoms with Gasteiger partial charge in [-0.3, -0.25) is 9.69 Å². The smallest absolute Gasteiger partial charge is 0.234 e. The summed E-state index contributed by atoms with van der Waals surface area (Å²) in [5.41, 5.74) is 0. The van der Waals surface area contributed by atoms with E-state index in [-0.39, 0.29) is 5.91 Å². The first kappa shape index (κ1) is 15.0. The molecule has 0 saturated heterocycles. The Labute approximate surface area is 110 Å². The van der Waals surface area contributed by atoms with E-state index >= 15 is 0 Å². The molecule has 102 valence electrons. The standard InChI is InChI=1S/C14H25N3O/c1-12(2)7-9-16-14(18)11-17(10-8-15)13-5-3-4-6-13/h12-13H,3-7,9-11H2,1-2H3,(H,16,18). The molecule has 1 amide bonds. The maximum absolute atomic E-state index is 11.8. The van der Waals surface area contributed by atoms with Crippen molar-refractivity contribution in [1.29, 1.82) is 5.26 Å². The van der Waals surface area contributed by atoms with Gasteiger partial charge in [-0.25, -0.2) is 0 Å². The van der Waals surface area contributed by atoms with Crippen LogP contribution in [0.15, 0.2) is 0 Å². The Hall–Kier alpha value is -1.08. The minimum atomic E-state index is 0.0535. The average Bonchev–Trinajstić information content (AvgIpc) is 2.81. The summed E-state index contributed by atoms with van der Waals surface area (Å²) in [6.45, 7) is 5.76. The highest BCUT2D eigenvalue weighted by Crippen LogP contribution is 2.22. The molecule has 1 fully saturated rings. The van der Waals surface area contributed by atoms with Crippen molar-refractivity contribution in [2.75, 3.05) is 19.6 Å². The molecule has 0 bridgehead atoms. The molecule has 0 aromatic heterocycles. The van der Waals surface area contributed by atoms with Crippen LogP contribution in [0.25, 0.3) is 0 Å². The van der Waals surface area contributed by atoms with E-state index in [0.717, 1.165) is 25.8 Å². The highest BCUT2D eigenvalue weighted by Gasteiger charge is 2.23. The van der Waals surface area contributed by atoms with Crippen molar-refractivity contribution in [3.05, 3.63) is 0 Å². The van der Waals surface area contributed by atoms with Crippen LogP contribution in [-0.4, -0.2) is 36.5 Å². The summed E-state index contributed by atoms with van der Waals surface area (Å²) in [4.78, 5) is 13.8. The van der Waals surface area contributed by atoms with E-state index in [9.17, 15) is 4.79 Å². The average molecular weight is 251 g/mol. The van der Waals surface area contributed by atoms with Gasteiger partial charge >= 0.3 is 0 Å². The number of nitrogens with zero attached hydrogens (tertiary/aromatic N) is 2. The molecule has 1 rings (SSSR count). The molecule has 0 aliphatic heterocycles. The molecule has 0 atom stereocenters. The Kier molecular flexibility index (Phi) is 6.74. The molecular weight excluding hydrogens is 226 g/mol. The number of nitriles is 1. The lowest BCUT2D eigenvalue weighted by Crippen LogP contribution is -2.42. The molecule has 0 aromatic carbocycles. The van der Waals surface area contributed by atoms with Gasteiger partial charge in [-0.15, -0.1) is 0 Å². The van der Waals surface area contributed by atoms with Gasteiger partial charge in [0.15, 0.2) is 0 Å². The molecule has 4 nitrogen and oxygen atoms in total. The van der Waals surface area contributed by atoms with Crippen LogP contribution in [0.1, 0.15) is 46.0 Å². The van der Waals surface area contributed by atoms with E-state index in [4.69, 9.17) is 5.26 Å². The third-order valence-electron chi connectivity index (χ3n) is 3.51. The van der Waals surface area contributed by atoms with Gasteiger partial charge in [-0.1, -0.05) is 26.7 Å². The van der Waals surface area contributed by atoms with Crippen LogP contribution in [0.5, 0.6) is 0 Å². The second-order valence-electron chi connectivity index (χ2n) is 5.53. The molecule has 4 heteroatoms. The molecule has 0 unspecified atom stereocenters. The Morgan fingerprint density at radius 2 is 2.11 bits per heavy atom. The van der Waals surface area contributed by atoms with Crippen molar-refractivity contribution >= 4 is 5.91 Å². The SMILES string of the molecule is CC(C)CCNC(=O)CN(CC#N)C1CCCC1. The van der Waals surface area contributed by atoms with Gasteiger partial charge in [-0.05, 0) is 25.2 Å². The van der Waals surface area contributed by atoms with Gasteiger partial charge in [0.2, 0.25) is 5.91 Å². The minimum Gasteiger partial charge on any atom is -0.355 e. The van der Waals surface area contributed by atoms with E-state index < -0.39 is 0 Å². The van der Waals surface area contributed by atoms with Crippen LogP contribution in [0.2, 0.25) is 0 Å². The lowest BCUT2D eigenvalue weighted by atomic mass is 10.1. The summed E-state index contributed by atoms with van der Waals surface area (Å²) in [6.07, 6.45) is 5.71. The maximum Gasteiger partial charge on any atom is 0.234 e. The first-order valence-electron chi connectivity index (χ1n) is 7.01. The second kappa shape index (κ2) is 8.10. The van der Waals surface area contributed by atoms with Crippen molar-refractivity contribution < 1.29 is 4.79 Å². The lowest BCUT2D eigenvalue weighted by molar-refractivity contribution is -0.122. The third kappa shape index (κ3) is 5.50. The summed E-state index contributed by atoms with van der Waals surface area (Å²) < 4.78 is 0. The van der Waals surface area contributed by atoms with Gasteiger partial charge in [-0.2, -0.15) is 5.26 Å². The molecule has 0 spiro atoms. The molecule has 0 radical (unpaired) electrons. The summed E-state index contributed by atoms with van der Waals surface area (Å²) in [5, 5.41) is 11.8. The summed E-state index contributed by atoms with van der Waals surface area (Å²) in [7, 11) is 0. The predicted molar refractivity (Wildman–Crippen MR) is 71.9 cm³/mol. The number of hydrogen-bond acceptors (Lipinski definition) is 3. The van der Waals surface area contributed by atoms with Gasteiger partial charge in [0.25, 0.3) is 0 Å². The van der Waals surface area contributed by atoms with Crippen molar-refractivity contribution in [2.45, 2.75) is 52.0 Å². The van der Waals surface area contributed by atoms with Crippen molar-refractivity contribution in [1.82, 2.24) is 10.2 Å². The third-order valence-corrected chi connectivity index (χ3v) is 3.51. The van der Waals surface area contributed by atoms with Crippen LogP contribution in [0.4, 0.5) is 0 Å². The van der Waals surface area contributed by atoms with Gasteiger partial charge in [0.05, 0.1) is 19.2 Å². The molecule has 1 saturated carbocycles. The van der Waals surface area contributed by atoms with Crippen molar-refractivity contribution in [3.63, 3.8) is 0 Å². The number of hydrogen-bond donors (Lipinski definition) is 1.